The van der Waals surface area contributed by atoms with Crippen LogP contribution in [0, 0.1) is 0 Å². The second-order valence-corrected chi connectivity index (χ2v) is 6.26. The summed E-state index contributed by atoms with van der Waals surface area (Å²) in [6.07, 6.45) is 5.45. The van der Waals surface area contributed by atoms with Crippen LogP contribution >= 0.6 is 15.9 Å². The largest absolute Gasteiger partial charge is 0.306 e. The number of halogens is 1. The fraction of sp³-hybridized carbons (Fsp3) is 0.438. The molecule has 3 nitrogen and oxygen atoms in total. The summed E-state index contributed by atoms with van der Waals surface area (Å²) in [7, 11) is 1.99. The highest BCUT2D eigenvalue weighted by molar-refractivity contribution is 9.10. The van der Waals surface area contributed by atoms with Crippen molar-refractivity contribution in [2.45, 2.75) is 38.8 Å². The summed E-state index contributed by atoms with van der Waals surface area (Å²) in [6.45, 7) is 3.06. The summed E-state index contributed by atoms with van der Waals surface area (Å²) in [5, 5.41) is 8.20. The molecule has 1 aromatic carbocycles. The Morgan fingerprint density at radius 3 is 3.10 bits per heavy atom. The fourth-order valence-corrected chi connectivity index (χ4v) is 3.66. The molecule has 4 heteroatoms. The zero-order valence-corrected chi connectivity index (χ0v) is 13.6. The van der Waals surface area contributed by atoms with Gasteiger partial charge in [0, 0.05) is 35.9 Å². The molecule has 1 aliphatic carbocycles. The third-order valence-corrected chi connectivity index (χ3v) is 4.82. The predicted octanol–water partition coefficient (Wildman–Crippen LogP) is 3.52. The van der Waals surface area contributed by atoms with E-state index in [1.165, 1.54) is 33.3 Å². The summed E-state index contributed by atoms with van der Waals surface area (Å²) in [5.41, 5.74) is 5.43. The topological polar surface area (TPSA) is 29.9 Å². The predicted molar refractivity (Wildman–Crippen MR) is 84.6 cm³/mol. The van der Waals surface area contributed by atoms with Crippen LogP contribution in [0.15, 0.2) is 28.9 Å². The van der Waals surface area contributed by atoms with E-state index in [9.17, 15) is 0 Å². The average Bonchev–Trinajstić information content (AvgIpc) is 3.00. The van der Waals surface area contributed by atoms with Gasteiger partial charge in [0.2, 0.25) is 0 Å². The minimum Gasteiger partial charge on any atom is -0.306 e. The number of benzene rings is 1. The van der Waals surface area contributed by atoms with Crippen molar-refractivity contribution in [1.82, 2.24) is 15.1 Å². The molecule has 0 aliphatic heterocycles. The van der Waals surface area contributed by atoms with E-state index in [2.05, 4.69) is 57.7 Å². The molecule has 3 rings (SSSR count). The van der Waals surface area contributed by atoms with Gasteiger partial charge < -0.3 is 5.32 Å². The first-order valence-corrected chi connectivity index (χ1v) is 8.00. The Balaban J connectivity index is 1.73. The maximum Gasteiger partial charge on any atom is 0.0666 e. The Kier molecular flexibility index (Phi) is 3.94. The van der Waals surface area contributed by atoms with Crippen LogP contribution in [0.4, 0.5) is 0 Å². The van der Waals surface area contributed by atoms with Crippen molar-refractivity contribution in [1.29, 1.82) is 0 Å². The molecule has 0 saturated heterocycles. The molecule has 1 unspecified atom stereocenters. The van der Waals surface area contributed by atoms with Gasteiger partial charge in [-0.05, 0) is 36.5 Å². The second kappa shape index (κ2) is 5.70. The summed E-state index contributed by atoms with van der Waals surface area (Å²) >= 11 is 3.66. The molecule has 0 radical (unpaired) electrons. The lowest BCUT2D eigenvalue weighted by atomic mass is 10.1. The van der Waals surface area contributed by atoms with Crippen LogP contribution in [0.25, 0.3) is 0 Å². The monoisotopic (exact) mass is 333 g/mol. The third kappa shape index (κ3) is 2.54. The maximum atomic E-state index is 4.50. The van der Waals surface area contributed by atoms with Crippen LogP contribution < -0.4 is 5.32 Å². The Morgan fingerprint density at radius 1 is 1.45 bits per heavy atom. The number of aromatic nitrogens is 2. The molecular weight excluding hydrogens is 314 g/mol. The Labute approximate surface area is 128 Å². The van der Waals surface area contributed by atoms with E-state index in [-0.39, 0.29) is 0 Å². The standard InChI is InChI=1S/C16H20BrN3/c1-3-15-11(10-20(2)19-15)9-18-16-8-7-12-13(16)5-4-6-14(12)17/h4-6,10,16,18H,3,7-9H2,1-2H3. The van der Waals surface area contributed by atoms with E-state index in [1.54, 1.807) is 0 Å². The van der Waals surface area contributed by atoms with E-state index in [4.69, 9.17) is 0 Å². The van der Waals surface area contributed by atoms with Gasteiger partial charge in [-0.15, -0.1) is 0 Å². The van der Waals surface area contributed by atoms with Crippen LogP contribution in [-0.2, 0) is 26.4 Å². The van der Waals surface area contributed by atoms with E-state index in [1.807, 2.05) is 11.7 Å². The lowest BCUT2D eigenvalue weighted by Crippen LogP contribution is -2.19. The number of hydrogen-bond acceptors (Lipinski definition) is 2. The lowest BCUT2D eigenvalue weighted by molar-refractivity contribution is 0.528. The lowest BCUT2D eigenvalue weighted by Gasteiger charge is -2.14. The minimum atomic E-state index is 0.465. The number of nitrogens with one attached hydrogen (secondary N) is 1. The van der Waals surface area contributed by atoms with Crippen molar-refractivity contribution in [3.05, 3.63) is 51.3 Å². The molecule has 2 aromatic rings. The van der Waals surface area contributed by atoms with Crippen LogP contribution in [0.3, 0.4) is 0 Å². The van der Waals surface area contributed by atoms with Crippen molar-refractivity contribution in [3.8, 4) is 0 Å². The van der Waals surface area contributed by atoms with Crippen molar-refractivity contribution >= 4 is 15.9 Å². The first kappa shape index (κ1) is 13.8. The fourth-order valence-electron chi connectivity index (χ4n) is 3.08. The smallest absolute Gasteiger partial charge is 0.0666 e. The van der Waals surface area contributed by atoms with Gasteiger partial charge in [0.25, 0.3) is 0 Å². The number of aryl methyl sites for hydroxylation is 2. The van der Waals surface area contributed by atoms with E-state index in [0.717, 1.165) is 19.4 Å². The number of nitrogens with zero attached hydrogens (tertiary/aromatic N) is 2. The number of rotatable bonds is 4. The summed E-state index contributed by atoms with van der Waals surface area (Å²) < 4.78 is 3.16. The van der Waals surface area contributed by atoms with Crippen LogP contribution in [0.2, 0.25) is 0 Å². The molecule has 0 bridgehead atoms. The molecule has 1 aromatic heterocycles. The molecule has 106 valence electrons. The quantitative estimate of drug-likeness (QED) is 0.927. The summed E-state index contributed by atoms with van der Waals surface area (Å²) in [6, 6.07) is 6.98. The van der Waals surface area contributed by atoms with Gasteiger partial charge in [-0.1, -0.05) is 35.0 Å². The summed E-state index contributed by atoms with van der Waals surface area (Å²) in [5.74, 6) is 0. The van der Waals surface area contributed by atoms with Gasteiger partial charge in [-0.25, -0.2) is 0 Å². The van der Waals surface area contributed by atoms with Crippen molar-refractivity contribution in [3.63, 3.8) is 0 Å². The Morgan fingerprint density at radius 2 is 2.30 bits per heavy atom. The van der Waals surface area contributed by atoms with Gasteiger partial charge in [0.1, 0.15) is 0 Å². The van der Waals surface area contributed by atoms with Crippen molar-refractivity contribution in [2.75, 3.05) is 0 Å². The number of hydrogen-bond donors (Lipinski definition) is 1. The van der Waals surface area contributed by atoms with Gasteiger partial charge in [-0.3, -0.25) is 4.68 Å². The molecule has 1 atom stereocenters. The molecule has 0 fully saturated rings. The minimum absolute atomic E-state index is 0.465. The van der Waals surface area contributed by atoms with E-state index >= 15 is 0 Å². The normalized spacial score (nSPS) is 17.4. The average molecular weight is 334 g/mol. The van der Waals surface area contributed by atoms with Gasteiger partial charge in [-0.2, -0.15) is 5.10 Å². The second-order valence-electron chi connectivity index (χ2n) is 5.41. The maximum absolute atomic E-state index is 4.50. The van der Waals surface area contributed by atoms with Gasteiger partial charge in [0.05, 0.1) is 5.69 Å². The van der Waals surface area contributed by atoms with Crippen LogP contribution in [-0.4, -0.2) is 9.78 Å². The number of fused-ring (bicyclic) bond motifs is 1. The summed E-state index contributed by atoms with van der Waals surface area (Å²) in [4.78, 5) is 0. The molecule has 20 heavy (non-hydrogen) atoms. The molecule has 0 saturated carbocycles. The van der Waals surface area contributed by atoms with Crippen molar-refractivity contribution in [2.24, 2.45) is 7.05 Å². The van der Waals surface area contributed by atoms with Crippen LogP contribution in [0.5, 0.6) is 0 Å². The molecule has 1 aliphatic rings. The zero-order chi connectivity index (χ0) is 14.1. The van der Waals surface area contributed by atoms with Crippen molar-refractivity contribution < 1.29 is 0 Å². The van der Waals surface area contributed by atoms with Gasteiger partial charge in [0.15, 0.2) is 0 Å². The zero-order valence-electron chi connectivity index (χ0n) is 12.0. The Bertz CT molecular complexity index is 618. The SMILES string of the molecule is CCc1nn(C)cc1CNC1CCc2c(Br)cccc21. The van der Waals surface area contributed by atoms with E-state index < -0.39 is 0 Å². The highest BCUT2D eigenvalue weighted by Gasteiger charge is 2.23. The highest BCUT2D eigenvalue weighted by atomic mass is 79.9. The van der Waals surface area contributed by atoms with Crippen LogP contribution in [0.1, 0.15) is 41.8 Å². The first-order chi connectivity index (χ1) is 9.69. The first-order valence-electron chi connectivity index (χ1n) is 7.21. The molecule has 1 heterocycles. The third-order valence-electron chi connectivity index (χ3n) is 4.08. The van der Waals surface area contributed by atoms with Gasteiger partial charge >= 0.3 is 0 Å². The molecule has 1 N–H and O–H groups in total. The van der Waals surface area contributed by atoms with E-state index in [0.29, 0.717) is 6.04 Å². The molecule has 0 spiro atoms. The molecule has 0 amide bonds. The highest BCUT2D eigenvalue weighted by Crippen LogP contribution is 2.35. The molecular formula is C16H20BrN3. The Hall–Kier alpha value is -1.13.